The van der Waals surface area contributed by atoms with E-state index in [4.69, 9.17) is 4.42 Å². The van der Waals surface area contributed by atoms with Crippen LogP contribution in [-0.2, 0) is 6.42 Å². The highest BCUT2D eigenvalue weighted by Crippen LogP contribution is 2.22. The Hall–Kier alpha value is -1.57. The second-order valence-corrected chi connectivity index (χ2v) is 5.19. The van der Waals surface area contributed by atoms with Crippen molar-refractivity contribution in [2.45, 2.75) is 40.0 Å². The maximum Gasteiger partial charge on any atom is 0.197 e. The molecular weight excluding hydrogens is 224 g/mol. The molecule has 1 aromatic carbocycles. The third-order valence-corrected chi connectivity index (χ3v) is 3.19. The summed E-state index contributed by atoms with van der Waals surface area (Å²) in [6.45, 7) is 6.31. The molecule has 18 heavy (non-hydrogen) atoms. The second-order valence-electron chi connectivity index (χ2n) is 5.19. The molecule has 0 aliphatic rings. The molecule has 1 heterocycles. The van der Waals surface area contributed by atoms with Gasteiger partial charge in [0.2, 0.25) is 0 Å². The van der Waals surface area contributed by atoms with E-state index in [9.17, 15) is 4.79 Å². The van der Waals surface area contributed by atoms with Crippen molar-refractivity contribution in [2.24, 2.45) is 5.92 Å². The Balaban J connectivity index is 2.25. The second kappa shape index (κ2) is 5.38. The van der Waals surface area contributed by atoms with Crippen LogP contribution in [-0.4, -0.2) is 5.78 Å². The van der Waals surface area contributed by atoms with Crippen LogP contribution < -0.4 is 0 Å². The van der Waals surface area contributed by atoms with Gasteiger partial charge >= 0.3 is 0 Å². The number of aryl methyl sites for hydroxylation is 1. The highest BCUT2D eigenvalue weighted by Gasteiger charge is 2.10. The average molecular weight is 244 g/mol. The van der Waals surface area contributed by atoms with Crippen molar-refractivity contribution < 1.29 is 9.21 Å². The van der Waals surface area contributed by atoms with Crippen LogP contribution in [0.5, 0.6) is 0 Å². The molecule has 0 radical (unpaired) electrons. The topological polar surface area (TPSA) is 30.2 Å². The summed E-state index contributed by atoms with van der Waals surface area (Å²) >= 11 is 0. The normalized spacial score (nSPS) is 11.3. The Bertz CT molecular complexity index is 549. The van der Waals surface area contributed by atoms with Crippen LogP contribution in [0.2, 0.25) is 0 Å². The quantitative estimate of drug-likeness (QED) is 0.719. The minimum Gasteiger partial charge on any atom is -0.453 e. The van der Waals surface area contributed by atoms with Gasteiger partial charge in [0, 0.05) is 11.8 Å². The van der Waals surface area contributed by atoms with Gasteiger partial charge in [0.25, 0.3) is 0 Å². The molecule has 2 heteroatoms. The van der Waals surface area contributed by atoms with E-state index in [1.165, 1.54) is 12.0 Å². The molecule has 96 valence electrons. The van der Waals surface area contributed by atoms with Crippen molar-refractivity contribution in [1.82, 2.24) is 0 Å². The van der Waals surface area contributed by atoms with E-state index in [1.807, 2.05) is 19.1 Å². The molecule has 0 bridgehead atoms. The van der Waals surface area contributed by atoms with Gasteiger partial charge in [-0.1, -0.05) is 26.8 Å². The summed E-state index contributed by atoms with van der Waals surface area (Å²) < 4.78 is 5.55. The molecule has 2 nitrogen and oxygen atoms in total. The van der Waals surface area contributed by atoms with E-state index < -0.39 is 0 Å². The van der Waals surface area contributed by atoms with Gasteiger partial charge in [-0.15, -0.1) is 0 Å². The van der Waals surface area contributed by atoms with Gasteiger partial charge in [-0.25, -0.2) is 0 Å². The molecule has 0 N–H and O–H groups in total. The number of furan rings is 1. The summed E-state index contributed by atoms with van der Waals surface area (Å²) in [5.41, 5.74) is 2.12. The van der Waals surface area contributed by atoms with Crippen molar-refractivity contribution in [3.63, 3.8) is 0 Å². The third kappa shape index (κ3) is 2.81. The fourth-order valence-electron chi connectivity index (χ4n) is 2.02. The van der Waals surface area contributed by atoms with Crippen LogP contribution in [0.1, 0.15) is 49.7 Å². The van der Waals surface area contributed by atoms with Gasteiger partial charge in [-0.05, 0) is 42.5 Å². The summed E-state index contributed by atoms with van der Waals surface area (Å²) in [7, 11) is 0. The number of fused-ring (bicyclic) bond motifs is 1. The fourth-order valence-corrected chi connectivity index (χ4v) is 2.02. The maximum absolute atomic E-state index is 11.6. The van der Waals surface area contributed by atoms with Crippen LogP contribution in [0.4, 0.5) is 0 Å². The van der Waals surface area contributed by atoms with Crippen LogP contribution >= 0.6 is 0 Å². The van der Waals surface area contributed by atoms with Crippen LogP contribution in [0.15, 0.2) is 28.7 Å². The molecule has 2 rings (SSSR count). The van der Waals surface area contributed by atoms with E-state index in [0.29, 0.717) is 18.1 Å². The molecule has 2 aromatic rings. The SMILES string of the molecule is CCC(=O)c1cc2cc(CCC(C)C)ccc2o1. The number of hydrogen-bond acceptors (Lipinski definition) is 2. The predicted molar refractivity (Wildman–Crippen MR) is 74.0 cm³/mol. The van der Waals surface area contributed by atoms with E-state index in [-0.39, 0.29) is 5.78 Å². The average Bonchev–Trinajstić information content (AvgIpc) is 2.78. The van der Waals surface area contributed by atoms with E-state index in [2.05, 4.69) is 26.0 Å². The fraction of sp³-hybridized carbons (Fsp3) is 0.438. The van der Waals surface area contributed by atoms with Crippen molar-refractivity contribution in [1.29, 1.82) is 0 Å². The number of Topliss-reactive ketones (excluding diaryl/α,β-unsaturated/α-hetero) is 1. The molecule has 0 unspecified atom stereocenters. The first-order valence-electron chi connectivity index (χ1n) is 6.65. The number of carbonyl (C=O) groups excluding carboxylic acids is 1. The smallest absolute Gasteiger partial charge is 0.197 e. The van der Waals surface area contributed by atoms with Crippen molar-refractivity contribution in [2.75, 3.05) is 0 Å². The van der Waals surface area contributed by atoms with Gasteiger partial charge < -0.3 is 4.42 Å². The lowest BCUT2D eigenvalue weighted by atomic mass is 10.0. The Morgan fingerprint density at radius 1 is 1.28 bits per heavy atom. The van der Waals surface area contributed by atoms with Crippen molar-refractivity contribution in [3.05, 3.63) is 35.6 Å². The Labute approximate surface area is 108 Å². The van der Waals surface area contributed by atoms with Gasteiger partial charge in [0.1, 0.15) is 5.58 Å². The lowest BCUT2D eigenvalue weighted by Gasteiger charge is -2.04. The lowest BCUT2D eigenvalue weighted by Crippen LogP contribution is -1.92. The largest absolute Gasteiger partial charge is 0.453 e. The molecule has 0 spiro atoms. The van der Waals surface area contributed by atoms with Crippen LogP contribution in [0, 0.1) is 5.92 Å². The zero-order chi connectivity index (χ0) is 13.1. The molecule has 0 fully saturated rings. The highest BCUT2D eigenvalue weighted by atomic mass is 16.3. The standard InChI is InChI=1S/C16H20O2/c1-4-14(17)16-10-13-9-12(6-5-11(2)3)7-8-15(13)18-16/h7-11H,4-6H2,1-3H3. The number of rotatable bonds is 5. The molecular formula is C16H20O2. The minimum atomic E-state index is 0.0648. The predicted octanol–water partition coefficient (Wildman–Crippen LogP) is 4.61. The van der Waals surface area contributed by atoms with Crippen LogP contribution in [0.25, 0.3) is 11.0 Å². The summed E-state index contributed by atoms with van der Waals surface area (Å²) in [5.74, 6) is 1.26. The summed E-state index contributed by atoms with van der Waals surface area (Å²) in [6, 6.07) is 8.06. The lowest BCUT2D eigenvalue weighted by molar-refractivity contribution is 0.0963. The Morgan fingerprint density at radius 3 is 2.72 bits per heavy atom. The molecule has 0 aliphatic carbocycles. The van der Waals surface area contributed by atoms with Gasteiger partial charge in [-0.2, -0.15) is 0 Å². The van der Waals surface area contributed by atoms with Gasteiger partial charge in [0.05, 0.1) is 0 Å². The monoisotopic (exact) mass is 244 g/mol. The zero-order valence-corrected chi connectivity index (χ0v) is 11.3. The Morgan fingerprint density at radius 2 is 2.06 bits per heavy atom. The maximum atomic E-state index is 11.6. The number of benzene rings is 1. The zero-order valence-electron chi connectivity index (χ0n) is 11.3. The first-order chi connectivity index (χ1) is 8.60. The summed E-state index contributed by atoms with van der Waals surface area (Å²) in [6.07, 6.45) is 2.75. The van der Waals surface area contributed by atoms with Crippen LogP contribution in [0.3, 0.4) is 0 Å². The van der Waals surface area contributed by atoms with Crippen molar-refractivity contribution in [3.8, 4) is 0 Å². The first-order valence-corrected chi connectivity index (χ1v) is 6.65. The molecule has 0 amide bonds. The minimum absolute atomic E-state index is 0.0648. The van der Waals surface area contributed by atoms with Gasteiger partial charge in [0.15, 0.2) is 11.5 Å². The summed E-state index contributed by atoms with van der Waals surface area (Å²) in [4.78, 5) is 11.6. The molecule has 0 atom stereocenters. The number of hydrogen-bond donors (Lipinski definition) is 0. The molecule has 0 saturated carbocycles. The molecule has 0 saturated heterocycles. The van der Waals surface area contributed by atoms with Gasteiger partial charge in [-0.3, -0.25) is 4.79 Å². The molecule has 1 aromatic heterocycles. The van der Waals surface area contributed by atoms with E-state index in [0.717, 1.165) is 17.4 Å². The third-order valence-electron chi connectivity index (χ3n) is 3.19. The van der Waals surface area contributed by atoms with E-state index >= 15 is 0 Å². The van der Waals surface area contributed by atoms with Crippen molar-refractivity contribution >= 4 is 16.8 Å². The first kappa shape index (κ1) is 12.9. The highest BCUT2D eigenvalue weighted by molar-refractivity contribution is 5.97. The number of carbonyl (C=O) groups is 1. The Kier molecular flexibility index (Phi) is 3.85. The van der Waals surface area contributed by atoms with E-state index in [1.54, 1.807) is 0 Å². The summed E-state index contributed by atoms with van der Waals surface area (Å²) in [5, 5.41) is 1.04. The number of ketones is 1. The molecule has 0 aliphatic heterocycles.